The Bertz CT molecular complexity index is 742. The Morgan fingerprint density at radius 2 is 2.04 bits per heavy atom. The Labute approximate surface area is 146 Å². The average Bonchev–Trinajstić information content (AvgIpc) is 2.69. The van der Waals surface area contributed by atoms with Crippen molar-refractivity contribution in [3.63, 3.8) is 0 Å². The molecular weight excluding hydrogens is 354 g/mol. The van der Waals surface area contributed by atoms with Crippen LogP contribution in [0.2, 0.25) is 0 Å². The van der Waals surface area contributed by atoms with Gasteiger partial charge in [-0.25, -0.2) is 13.7 Å². The molecule has 0 saturated heterocycles. The van der Waals surface area contributed by atoms with Crippen LogP contribution in [0.25, 0.3) is 0 Å². The van der Waals surface area contributed by atoms with Gasteiger partial charge in [0.2, 0.25) is 5.69 Å². The van der Waals surface area contributed by atoms with Gasteiger partial charge in [0.25, 0.3) is 0 Å². The minimum Gasteiger partial charge on any atom is -0.748 e. The van der Waals surface area contributed by atoms with Gasteiger partial charge in [-0.05, 0) is 32.4 Å². The van der Waals surface area contributed by atoms with E-state index in [4.69, 9.17) is 5.26 Å². The van der Waals surface area contributed by atoms with Gasteiger partial charge in [0.1, 0.15) is 6.54 Å². The van der Waals surface area contributed by atoms with Crippen LogP contribution in [0.1, 0.15) is 39.2 Å². The third-order valence-electron chi connectivity index (χ3n) is 4.43. The lowest BCUT2D eigenvalue weighted by molar-refractivity contribution is -0.439. The molecule has 0 atom stereocenters. The van der Waals surface area contributed by atoms with Crippen LogP contribution >= 0.6 is 12.0 Å². The van der Waals surface area contributed by atoms with E-state index in [0.29, 0.717) is 19.4 Å². The summed E-state index contributed by atoms with van der Waals surface area (Å²) in [4.78, 5) is 0.794. The average molecular weight is 375 g/mol. The summed E-state index contributed by atoms with van der Waals surface area (Å²) in [6.07, 6.45) is 0.966. The Morgan fingerprint density at radius 1 is 1.33 bits per heavy atom. The molecule has 7 nitrogen and oxygen atoms in total. The largest absolute Gasteiger partial charge is 0.748 e. The van der Waals surface area contributed by atoms with Gasteiger partial charge in [-0.1, -0.05) is 5.04 Å². The van der Waals surface area contributed by atoms with Crippen molar-refractivity contribution in [3.8, 4) is 0 Å². The molecule has 9 heteroatoms. The molecule has 1 aromatic carbocycles. The minimum absolute atomic E-state index is 0.184. The van der Waals surface area contributed by atoms with Crippen LogP contribution in [0.15, 0.2) is 23.1 Å². The second-order valence-corrected chi connectivity index (χ2v) is 8.53. The first-order valence-corrected chi connectivity index (χ1v) is 9.83. The first-order chi connectivity index (χ1) is 11.2. The number of hydrogen-bond donors (Lipinski definition) is 1. The second-order valence-electron chi connectivity index (χ2n) is 6.24. The highest BCUT2D eigenvalue weighted by atomic mass is 32.2. The van der Waals surface area contributed by atoms with E-state index in [1.165, 1.54) is 0 Å². The highest BCUT2D eigenvalue weighted by molar-refractivity contribution is 7.94. The standard InChI is InChI=1S/C15H21NO6S2/c1-11-15(2,3)13-10-12(23-22-21-17)6-7-14(13)16(11)8-4-5-9-24(18,19)20/h6-7,10H,4-5,8-9H2,1-3H3,(H-,17,18,19,20). The van der Waals surface area contributed by atoms with Gasteiger partial charge >= 0.3 is 0 Å². The summed E-state index contributed by atoms with van der Waals surface area (Å²) in [5.74, 6) is -0.329. The topological polar surface area (TPSA) is 98.9 Å². The molecule has 0 bridgehead atoms. The lowest BCUT2D eigenvalue weighted by Gasteiger charge is -2.15. The maximum atomic E-state index is 10.7. The molecule has 1 N–H and O–H groups in total. The third-order valence-corrected chi connectivity index (χ3v) is 5.79. The molecule has 2 rings (SSSR count). The molecule has 0 fully saturated rings. The molecule has 134 valence electrons. The Balaban J connectivity index is 2.17. The van der Waals surface area contributed by atoms with E-state index in [0.717, 1.165) is 33.9 Å². The zero-order valence-electron chi connectivity index (χ0n) is 13.8. The van der Waals surface area contributed by atoms with Gasteiger partial charge in [0.05, 0.1) is 27.6 Å². The van der Waals surface area contributed by atoms with Crippen molar-refractivity contribution in [2.75, 3.05) is 12.3 Å². The van der Waals surface area contributed by atoms with E-state index >= 15 is 0 Å². The number of fused-ring (bicyclic) bond motifs is 1. The summed E-state index contributed by atoms with van der Waals surface area (Å²) in [5, 5.41) is 11.9. The van der Waals surface area contributed by atoms with Gasteiger partial charge in [-0.3, -0.25) is 0 Å². The molecule has 0 unspecified atom stereocenters. The van der Waals surface area contributed by atoms with Gasteiger partial charge in [-0.15, -0.1) is 4.33 Å². The molecule has 1 aliphatic heterocycles. The minimum atomic E-state index is -4.16. The highest BCUT2D eigenvalue weighted by Crippen LogP contribution is 2.41. The van der Waals surface area contributed by atoms with Crippen LogP contribution in [0, 0.1) is 0 Å². The number of nitrogens with zero attached hydrogens (tertiary/aromatic N) is 1. The van der Waals surface area contributed by atoms with Crippen LogP contribution < -0.4 is 0 Å². The fraction of sp³-hybridized carbons (Fsp3) is 0.533. The van der Waals surface area contributed by atoms with Crippen molar-refractivity contribution >= 4 is 33.6 Å². The van der Waals surface area contributed by atoms with Crippen molar-refractivity contribution in [2.45, 2.75) is 43.9 Å². The number of rotatable bonds is 8. The van der Waals surface area contributed by atoms with Gasteiger partial charge in [-0.2, -0.15) is 4.58 Å². The summed E-state index contributed by atoms with van der Waals surface area (Å²) >= 11 is 0.912. The molecular formula is C15H21NO6S2. The smallest absolute Gasteiger partial charge is 0.209 e. The maximum Gasteiger partial charge on any atom is 0.209 e. The van der Waals surface area contributed by atoms with Crippen molar-refractivity contribution < 1.29 is 32.2 Å². The van der Waals surface area contributed by atoms with Gasteiger partial charge < -0.3 is 4.55 Å². The molecule has 0 aromatic heterocycles. The van der Waals surface area contributed by atoms with Crippen molar-refractivity contribution in [1.82, 2.24) is 0 Å². The fourth-order valence-electron chi connectivity index (χ4n) is 2.91. The molecule has 0 saturated carbocycles. The number of unbranched alkanes of at least 4 members (excludes halogenated alkanes) is 1. The second kappa shape index (κ2) is 7.51. The van der Waals surface area contributed by atoms with E-state index in [-0.39, 0.29) is 11.2 Å². The third kappa shape index (κ3) is 4.35. The van der Waals surface area contributed by atoms with Crippen LogP contribution in [0.4, 0.5) is 5.69 Å². The van der Waals surface area contributed by atoms with E-state index in [9.17, 15) is 13.0 Å². The van der Waals surface area contributed by atoms with E-state index in [1.807, 2.05) is 25.1 Å². The van der Waals surface area contributed by atoms with E-state index in [1.54, 1.807) is 0 Å². The first kappa shape index (κ1) is 19.4. The molecule has 1 aromatic rings. The van der Waals surface area contributed by atoms with Crippen LogP contribution in [-0.2, 0) is 24.9 Å². The normalized spacial score (nSPS) is 16.5. The molecule has 1 heterocycles. The van der Waals surface area contributed by atoms with Gasteiger partial charge in [0, 0.05) is 35.6 Å². The predicted molar refractivity (Wildman–Crippen MR) is 89.4 cm³/mol. The zero-order chi connectivity index (χ0) is 18.0. The lowest BCUT2D eigenvalue weighted by atomic mass is 9.82. The van der Waals surface area contributed by atoms with E-state index < -0.39 is 10.1 Å². The fourth-order valence-corrected chi connectivity index (χ4v) is 3.86. The van der Waals surface area contributed by atoms with Gasteiger partial charge in [0.15, 0.2) is 5.71 Å². The summed E-state index contributed by atoms with van der Waals surface area (Å²) in [6, 6.07) is 5.79. The summed E-state index contributed by atoms with van der Waals surface area (Å²) in [6.45, 7) is 6.92. The summed E-state index contributed by atoms with van der Waals surface area (Å²) in [7, 11) is -4.16. The van der Waals surface area contributed by atoms with Crippen LogP contribution in [-0.4, -0.2) is 40.8 Å². The maximum absolute atomic E-state index is 10.7. The molecule has 1 aliphatic rings. The first-order valence-electron chi connectivity index (χ1n) is 7.51. The monoisotopic (exact) mass is 375 g/mol. The molecule has 0 aliphatic carbocycles. The Hall–Kier alpha value is -0.970. The van der Waals surface area contributed by atoms with Crippen molar-refractivity contribution in [3.05, 3.63) is 23.8 Å². The summed E-state index contributed by atoms with van der Waals surface area (Å²) < 4.78 is 38.7. The zero-order valence-corrected chi connectivity index (χ0v) is 15.4. The number of benzene rings is 1. The molecule has 24 heavy (non-hydrogen) atoms. The predicted octanol–water partition coefficient (Wildman–Crippen LogP) is 2.84. The quantitative estimate of drug-likeness (QED) is 0.186. The highest BCUT2D eigenvalue weighted by Gasteiger charge is 2.42. The number of hydrogen-bond acceptors (Lipinski definition) is 7. The Kier molecular flexibility index (Phi) is 6.05. The Morgan fingerprint density at radius 3 is 2.67 bits per heavy atom. The van der Waals surface area contributed by atoms with Crippen LogP contribution in [0.5, 0.6) is 0 Å². The van der Waals surface area contributed by atoms with E-state index in [2.05, 4.69) is 27.8 Å². The van der Waals surface area contributed by atoms with Crippen LogP contribution in [0.3, 0.4) is 0 Å². The van der Waals surface area contributed by atoms with Crippen molar-refractivity contribution in [1.29, 1.82) is 0 Å². The molecule has 0 radical (unpaired) electrons. The van der Waals surface area contributed by atoms with Crippen molar-refractivity contribution in [2.24, 2.45) is 0 Å². The molecule has 0 spiro atoms. The molecule has 0 amide bonds. The summed E-state index contributed by atoms with van der Waals surface area (Å²) in [5.41, 5.74) is 3.14. The SMILES string of the molecule is CC1=[N+](CCCCS(=O)(=O)[O-])c2ccc(SOOO)cc2C1(C)C. The lowest BCUT2D eigenvalue weighted by Crippen LogP contribution is -2.26.